The molecule has 0 spiro atoms. The molecule has 0 aliphatic heterocycles. The van der Waals surface area contributed by atoms with Crippen molar-refractivity contribution < 1.29 is 14.0 Å². The Morgan fingerprint density at radius 2 is 2.25 bits per heavy atom. The summed E-state index contributed by atoms with van der Waals surface area (Å²) >= 11 is 10.6. The number of alkyl halides is 2. The molecule has 0 amide bonds. The Morgan fingerprint density at radius 1 is 1.67 bits per heavy atom. The van der Waals surface area contributed by atoms with Crippen LogP contribution < -0.4 is 0 Å². The zero-order valence-corrected chi connectivity index (χ0v) is 9.61. The van der Waals surface area contributed by atoms with E-state index in [9.17, 15) is 4.79 Å². The maximum absolute atomic E-state index is 10.8. The van der Waals surface area contributed by atoms with Crippen LogP contribution in [0, 0.1) is 0 Å². The first-order chi connectivity index (χ1) is 5.54. The second-order valence-electron chi connectivity index (χ2n) is 2.05. The van der Waals surface area contributed by atoms with Gasteiger partial charge in [-0.25, -0.2) is 4.79 Å². The summed E-state index contributed by atoms with van der Waals surface area (Å²) in [7, 11) is -0.959. The van der Waals surface area contributed by atoms with Crippen LogP contribution in [0.25, 0.3) is 0 Å². The van der Waals surface area contributed by atoms with E-state index in [4.69, 9.17) is 32.4 Å². The third kappa shape index (κ3) is 6.66. The summed E-state index contributed by atoms with van der Waals surface area (Å²) in [6.45, 7) is 5.00. The number of carbonyl (C=O) groups excluding carboxylic acids is 1. The maximum atomic E-state index is 10.8. The molecule has 6 heteroatoms. The molecule has 12 heavy (non-hydrogen) atoms. The molecule has 3 nitrogen and oxygen atoms in total. The Labute approximate surface area is 83.6 Å². The van der Waals surface area contributed by atoms with Crippen molar-refractivity contribution in [2.24, 2.45) is 0 Å². The van der Waals surface area contributed by atoms with E-state index in [0.29, 0.717) is 5.57 Å². The number of halogens is 2. The Bertz CT molecular complexity index is 172. The molecular weight excluding hydrogens is 219 g/mol. The highest BCUT2D eigenvalue weighted by atomic mass is 35.5. The lowest BCUT2D eigenvalue weighted by atomic mass is 10.4. The number of ether oxygens (including phenoxy) is 1. The molecule has 70 valence electrons. The van der Waals surface area contributed by atoms with Crippen molar-refractivity contribution in [1.82, 2.24) is 0 Å². The number of hydrogen-bond donors (Lipinski definition) is 0. The molecule has 0 N–H and O–H groups in total. The molecule has 0 atom stereocenters. The molecule has 0 saturated heterocycles. The lowest BCUT2D eigenvalue weighted by molar-refractivity contribution is -0.137. The largest absolute Gasteiger partial charge is 0.464 e. The molecule has 0 aromatic carbocycles. The zero-order chi connectivity index (χ0) is 9.56. The smallest absolute Gasteiger partial charge is 0.332 e. The standard InChI is InChI=1S/C6H10Cl2O3Si/c1-4(2)5(9)10-3-12-11-6(7)8/h6H,1,3,12H2,2H3. The van der Waals surface area contributed by atoms with Crippen molar-refractivity contribution >= 4 is 38.9 Å². The van der Waals surface area contributed by atoms with Crippen molar-refractivity contribution in [1.29, 1.82) is 0 Å². The third-order valence-corrected chi connectivity index (χ3v) is 2.52. The molecule has 0 aromatic rings. The van der Waals surface area contributed by atoms with E-state index < -0.39 is 20.8 Å². The predicted octanol–water partition coefficient (Wildman–Crippen LogP) is 0.925. The van der Waals surface area contributed by atoms with Crippen molar-refractivity contribution in [3.05, 3.63) is 12.2 Å². The maximum Gasteiger partial charge on any atom is 0.332 e. The van der Waals surface area contributed by atoms with Gasteiger partial charge >= 0.3 is 5.97 Å². The molecule has 0 radical (unpaired) electrons. The number of rotatable bonds is 5. The van der Waals surface area contributed by atoms with Crippen LogP contribution in [0.5, 0.6) is 0 Å². The van der Waals surface area contributed by atoms with Crippen LogP contribution in [0.3, 0.4) is 0 Å². The third-order valence-electron chi connectivity index (χ3n) is 0.909. The molecule has 0 aliphatic carbocycles. The lowest BCUT2D eigenvalue weighted by Crippen LogP contribution is -2.15. The first-order valence-electron chi connectivity index (χ1n) is 3.26. The fourth-order valence-corrected chi connectivity index (χ4v) is 1.47. The SMILES string of the molecule is C=C(C)C(=O)OC[SiH2]OC(Cl)Cl. The fraction of sp³-hybridized carbons (Fsp3) is 0.500. The van der Waals surface area contributed by atoms with Gasteiger partial charge in [0, 0.05) is 5.57 Å². The van der Waals surface area contributed by atoms with Gasteiger partial charge in [0.1, 0.15) is 6.23 Å². The van der Waals surface area contributed by atoms with Gasteiger partial charge in [-0.15, -0.1) is 0 Å². The van der Waals surface area contributed by atoms with Crippen LogP contribution in [-0.4, -0.2) is 27.0 Å². The average Bonchev–Trinajstić information content (AvgIpc) is 1.97. The van der Waals surface area contributed by atoms with E-state index in [1.165, 1.54) is 0 Å². The van der Waals surface area contributed by atoms with E-state index in [0.717, 1.165) is 0 Å². The topological polar surface area (TPSA) is 35.5 Å². The minimum Gasteiger partial charge on any atom is -0.464 e. The number of esters is 1. The second-order valence-corrected chi connectivity index (χ2v) is 4.21. The van der Waals surface area contributed by atoms with Crippen LogP contribution in [0.2, 0.25) is 0 Å². The van der Waals surface area contributed by atoms with Crippen LogP contribution in [0.4, 0.5) is 0 Å². The normalized spacial score (nSPS) is 11.0. The van der Waals surface area contributed by atoms with Gasteiger partial charge in [-0.05, 0) is 6.92 Å². The van der Waals surface area contributed by atoms with Crippen LogP contribution in [0.1, 0.15) is 6.92 Å². The summed E-state index contributed by atoms with van der Waals surface area (Å²) in [6.07, 6.45) is 0.266. The number of carbonyl (C=O) groups is 1. The van der Waals surface area contributed by atoms with Crippen molar-refractivity contribution in [2.75, 3.05) is 6.23 Å². The fourth-order valence-electron chi connectivity index (χ4n) is 0.395. The molecule has 0 unspecified atom stereocenters. The lowest BCUT2D eigenvalue weighted by Gasteiger charge is -2.04. The van der Waals surface area contributed by atoms with Crippen molar-refractivity contribution in [2.45, 2.75) is 11.9 Å². The van der Waals surface area contributed by atoms with E-state index in [1.807, 2.05) is 0 Å². The Hall–Kier alpha value is -0.0331. The first kappa shape index (κ1) is 12.0. The minimum absolute atomic E-state index is 0.266. The van der Waals surface area contributed by atoms with Crippen LogP contribution >= 0.6 is 23.2 Å². The molecule has 0 aliphatic rings. The summed E-state index contributed by atoms with van der Waals surface area (Å²) in [4.78, 5) is 10.8. The van der Waals surface area contributed by atoms with E-state index in [2.05, 4.69) is 6.58 Å². The molecule has 0 aromatic heterocycles. The molecule has 0 fully saturated rings. The van der Waals surface area contributed by atoms with Gasteiger partial charge in [0.25, 0.3) is 0 Å². The highest BCUT2D eigenvalue weighted by Gasteiger charge is 2.03. The van der Waals surface area contributed by atoms with Gasteiger partial charge in [0.15, 0.2) is 5.02 Å². The Balaban J connectivity index is 3.32. The molecule has 0 rings (SSSR count). The van der Waals surface area contributed by atoms with Crippen molar-refractivity contribution in [3.63, 3.8) is 0 Å². The van der Waals surface area contributed by atoms with Gasteiger partial charge in [-0.1, -0.05) is 29.8 Å². The molecule has 0 bridgehead atoms. The monoisotopic (exact) mass is 228 g/mol. The van der Waals surface area contributed by atoms with Gasteiger partial charge < -0.3 is 9.16 Å². The van der Waals surface area contributed by atoms with E-state index in [1.54, 1.807) is 6.92 Å². The van der Waals surface area contributed by atoms with Gasteiger partial charge in [-0.3, -0.25) is 0 Å². The minimum atomic E-state index is -0.959. The molecule has 0 saturated carbocycles. The van der Waals surface area contributed by atoms with Crippen molar-refractivity contribution in [3.8, 4) is 0 Å². The first-order valence-corrected chi connectivity index (χ1v) is 5.71. The van der Waals surface area contributed by atoms with Crippen LogP contribution in [0.15, 0.2) is 12.2 Å². The summed E-state index contributed by atoms with van der Waals surface area (Å²) in [5.41, 5.74) is 0.372. The Kier molecular flexibility index (Phi) is 6.46. The number of hydrogen-bond acceptors (Lipinski definition) is 3. The average molecular weight is 229 g/mol. The molecular formula is C6H10Cl2O3Si. The Morgan fingerprint density at radius 3 is 2.67 bits per heavy atom. The summed E-state index contributed by atoms with van der Waals surface area (Å²) in [5, 5.41) is -0.819. The zero-order valence-electron chi connectivity index (χ0n) is 6.68. The second kappa shape index (κ2) is 6.48. The van der Waals surface area contributed by atoms with Crippen LogP contribution in [-0.2, 0) is 14.0 Å². The van der Waals surface area contributed by atoms with E-state index in [-0.39, 0.29) is 6.23 Å². The summed E-state index contributed by atoms with van der Waals surface area (Å²) in [6, 6.07) is 0. The highest BCUT2D eigenvalue weighted by Crippen LogP contribution is 2.01. The summed E-state index contributed by atoms with van der Waals surface area (Å²) < 4.78 is 9.57. The van der Waals surface area contributed by atoms with E-state index >= 15 is 0 Å². The molecule has 0 heterocycles. The van der Waals surface area contributed by atoms with Gasteiger partial charge in [-0.2, -0.15) is 0 Å². The van der Waals surface area contributed by atoms with Gasteiger partial charge in [0.2, 0.25) is 9.76 Å². The highest BCUT2D eigenvalue weighted by molar-refractivity contribution is 6.45. The van der Waals surface area contributed by atoms with Gasteiger partial charge in [0.05, 0.1) is 0 Å². The predicted molar refractivity (Wildman–Crippen MR) is 50.9 cm³/mol. The summed E-state index contributed by atoms with van der Waals surface area (Å²) in [5.74, 6) is -0.410. The quantitative estimate of drug-likeness (QED) is 0.231.